The summed E-state index contributed by atoms with van der Waals surface area (Å²) in [6.45, 7) is -0.144. The molecule has 0 saturated carbocycles. The number of benzene rings is 2. The zero-order valence-corrected chi connectivity index (χ0v) is 14.4. The highest BCUT2D eigenvalue weighted by Gasteiger charge is 2.13. The van der Waals surface area contributed by atoms with Crippen LogP contribution in [0.1, 0.15) is 16.2 Å². The summed E-state index contributed by atoms with van der Waals surface area (Å²) in [5.41, 5.74) is 1.70. The number of rotatable bonds is 5. The Hall–Kier alpha value is -3.59. The second-order valence-corrected chi connectivity index (χ2v) is 5.83. The summed E-state index contributed by atoms with van der Waals surface area (Å²) in [5.74, 6) is -0.0282. The van der Waals surface area contributed by atoms with Crippen LogP contribution in [0.2, 0.25) is 5.02 Å². The molecule has 0 amide bonds. The van der Waals surface area contributed by atoms with Crippen molar-refractivity contribution in [3.05, 3.63) is 71.3 Å². The average Bonchev–Trinajstić information content (AvgIpc) is 3.39. The molecule has 4 rings (SSSR count). The topological polar surface area (TPSA) is 109 Å². The van der Waals surface area contributed by atoms with Crippen LogP contribution in [-0.2, 0) is 11.3 Å². The highest BCUT2D eigenvalue weighted by atomic mass is 35.5. The van der Waals surface area contributed by atoms with Gasteiger partial charge in [0.2, 0.25) is 5.89 Å². The second-order valence-electron chi connectivity index (χ2n) is 5.39. The Morgan fingerprint density at radius 2 is 2.00 bits per heavy atom. The number of halogens is 1. The first kappa shape index (κ1) is 16.9. The van der Waals surface area contributed by atoms with Gasteiger partial charge in [0.1, 0.15) is 6.33 Å². The van der Waals surface area contributed by atoms with Crippen molar-refractivity contribution in [1.29, 1.82) is 0 Å². The maximum Gasteiger partial charge on any atom is 0.338 e. The predicted octanol–water partition coefficient (Wildman–Crippen LogP) is 2.72. The largest absolute Gasteiger partial charge is 0.452 e. The fraction of sp³-hybridized carbons (Fsp3) is 0.0588. The van der Waals surface area contributed by atoms with Crippen LogP contribution < -0.4 is 0 Å². The molecule has 0 unspecified atom stereocenters. The summed E-state index contributed by atoms with van der Waals surface area (Å²) in [7, 11) is 0. The Balaban J connectivity index is 1.43. The van der Waals surface area contributed by atoms with Gasteiger partial charge in [0.05, 0.1) is 11.3 Å². The lowest BCUT2D eigenvalue weighted by Gasteiger charge is -2.04. The van der Waals surface area contributed by atoms with Crippen molar-refractivity contribution in [3.8, 4) is 17.1 Å². The number of esters is 1. The normalized spacial score (nSPS) is 10.7. The van der Waals surface area contributed by atoms with Crippen molar-refractivity contribution in [3.63, 3.8) is 0 Å². The van der Waals surface area contributed by atoms with Crippen LogP contribution >= 0.6 is 11.6 Å². The molecule has 2 aromatic carbocycles. The molecule has 0 bridgehead atoms. The van der Waals surface area contributed by atoms with Gasteiger partial charge in [-0.3, -0.25) is 0 Å². The van der Waals surface area contributed by atoms with Gasteiger partial charge in [0.25, 0.3) is 5.89 Å². The lowest BCUT2D eigenvalue weighted by atomic mass is 10.2. The average molecular weight is 383 g/mol. The Bertz CT molecular complexity index is 1060. The predicted molar refractivity (Wildman–Crippen MR) is 93.0 cm³/mol. The first-order chi connectivity index (χ1) is 13.2. The number of hydrogen-bond donors (Lipinski definition) is 0. The highest BCUT2D eigenvalue weighted by Crippen LogP contribution is 2.20. The van der Waals surface area contributed by atoms with Gasteiger partial charge >= 0.3 is 5.97 Å². The van der Waals surface area contributed by atoms with E-state index < -0.39 is 5.97 Å². The van der Waals surface area contributed by atoms with Crippen molar-refractivity contribution in [1.82, 2.24) is 30.4 Å². The third-order valence-corrected chi connectivity index (χ3v) is 3.83. The Kier molecular flexibility index (Phi) is 4.58. The smallest absolute Gasteiger partial charge is 0.338 e. The molecule has 0 radical (unpaired) electrons. The van der Waals surface area contributed by atoms with Gasteiger partial charge < -0.3 is 9.15 Å². The first-order valence-electron chi connectivity index (χ1n) is 7.78. The molecule has 27 heavy (non-hydrogen) atoms. The van der Waals surface area contributed by atoms with Crippen LogP contribution in [0.4, 0.5) is 0 Å². The summed E-state index contributed by atoms with van der Waals surface area (Å²) in [4.78, 5) is 12.3. The van der Waals surface area contributed by atoms with E-state index in [-0.39, 0.29) is 12.5 Å². The molecule has 0 spiro atoms. The van der Waals surface area contributed by atoms with Gasteiger partial charge in [-0.15, -0.1) is 15.3 Å². The zero-order chi connectivity index (χ0) is 18.6. The molecule has 0 atom stereocenters. The minimum Gasteiger partial charge on any atom is -0.452 e. The molecule has 0 aliphatic carbocycles. The van der Waals surface area contributed by atoms with E-state index in [1.165, 1.54) is 11.0 Å². The molecule has 4 aromatic rings. The van der Waals surface area contributed by atoms with Crippen molar-refractivity contribution >= 4 is 17.6 Å². The maximum absolute atomic E-state index is 12.3. The molecule has 2 heterocycles. The summed E-state index contributed by atoms with van der Waals surface area (Å²) >= 11 is 5.85. The van der Waals surface area contributed by atoms with Crippen molar-refractivity contribution < 1.29 is 13.9 Å². The molecule has 10 heteroatoms. The van der Waals surface area contributed by atoms with Crippen LogP contribution in [0.15, 0.2) is 59.3 Å². The Morgan fingerprint density at radius 1 is 1.15 bits per heavy atom. The molecule has 134 valence electrons. The summed E-state index contributed by atoms with van der Waals surface area (Å²) in [5, 5.41) is 19.3. The highest BCUT2D eigenvalue weighted by molar-refractivity contribution is 6.30. The van der Waals surface area contributed by atoms with E-state index in [1.54, 1.807) is 48.5 Å². The number of nitrogens with zero attached hydrogens (tertiary/aromatic N) is 6. The molecular formula is C17H11ClN6O3. The fourth-order valence-electron chi connectivity index (χ4n) is 2.29. The van der Waals surface area contributed by atoms with Crippen molar-refractivity contribution in [2.24, 2.45) is 0 Å². The van der Waals surface area contributed by atoms with Gasteiger partial charge in [-0.1, -0.05) is 17.7 Å². The van der Waals surface area contributed by atoms with Gasteiger partial charge in [-0.2, -0.15) is 0 Å². The standard InChI is InChI=1S/C17H11ClN6O3/c18-13-6-4-11(5-7-13)16-21-20-15(27-16)9-26-17(25)12-2-1-3-14(8-12)24-10-19-22-23-24/h1-8,10H,9H2. The number of carbonyl (C=O) groups excluding carboxylic acids is 1. The van der Waals surface area contributed by atoms with E-state index in [2.05, 4.69) is 25.7 Å². The third-order valence-electron chi connectivity index (χ3n) is 3.58. The lowest BCUT2D eigenvalue weighted by molar-refractivity contribution is 0.0438. The van der Waals surface area contributed by atoms with Crippen LogP contribution in [-0.4, -0.2) is 36.4 Å². The van der Waals surface area contributed by atoms with Gasteiger partial charge in [0.15, 0.2) is 6.61 Å². The van der Waals surface area contributed by atoms with Crippen LogP contribution in [0, 0.1) is 0 Å². The molecule has 0 aliphatic rings. The van der Waals surface area contributed by atoms with E-state index in [4.69, 9.17) is 20.8 Å². The molecule has 0 aliphatic heterocycles. The maximum atomic E-state index is 12.3. The SMILES string of the molecule is O=C(OCc1nnc(-c2ccc(Cl)cc2)o1)c1cccc(-n2cnnn2)c1. The fourth-order valence-corrected chi connectivity index (χ4v) is 2.41. The summed E-state index contributed by atoms with van der Waals surface area (Å²) < 4.78 is 12.2. The monoisotopic (exact) mass is 382 g/mol. The number of tetrazole rings is 1. The first-order valence-corrected chi connectivity index (χ1v) is 8.16. The van der Waals surface area contributed by atoms with Crippen LogP contribution in [0.5, 0.6) is 0 Å². The quantitative estimate of drug-likeness (QED) is 0.484. The van der Waals surface area contributed by atoms with Gasteiger partial charge in [-0.05, 0) is 52.9 Å². The van der Waals surface area contributed by atoms with E-state index in [0.29, 0.717) is 22.2 Å². The van der Waals surface area contributed by atoms with Gasteiger partial charge in [0, 0.05) is 10.6 Å². The summed E-state index contributed by atoms with van der Waals surface area (Å²) in [6.07, 6.45) is 1.43. The number of carbonyl (C=O) groups is 1. The number of aromatic nitrogens is 6. The van der Waals surface area contributed by atoms with Crippen LogP contribution in [0.3, 0.4) is 0 Å². The lowest BCUT2D eigenvalue weighted by Crippen LogP contribution is -2.06. The molecule has 0 N–H and O–H groups in total. The van der Waals surface area contributed by atoms with Crippen molar-refractivity contribution in [2.45, 2.75) is 6.61 Å². The minimum atomic E-state index is -0.531. The number of ether oxygens (including phenoxy) is 1. The van der Waals surface area contributed by atoms with Crippen molar-refractivity contribution in [2.75, 3.05) is 0 Å². The van der Waals surface area contributed by atoms with Gasteiger partial charge in [-0.25, -0.2) is 9.48 Å². The zero-order valence-electron chi connectivity index (χ0n) is 13.7. The van der Waals surface area contributed by atoms with E-state index >= 15 is 0 Å². The molecule has 9 nitrogen and oxygen atoms in total. The van der Waals surface area contributed by atoms with E-state index in [1.807, 2.05) is 0 Å². The summed E-state index contributed by atoms with van der Waals surface area (Å²) in [6, 6.07) is 13.7. The molecule has 2 aromatic heterocycles. The Labute approximate surface area is 157 Å². The minimum absolute atomic E-state index is 0.144. The van der Waals surface area contributed by atoms with E-state index in [9.17, 15) is 4.79 Å². The molecule has 0 fully saturated rings. The molecule has 0 saturated heterocycles. The number of hydrogen-bond acceptors (Lipinski definition) is 8. The Morgan fingerprint density at radius 3 is 2.78 bits per heavy atom. The van der Waals surface area contributed by atoms with Crippen LogP contribution in [0.25, 0.3) is 17.1 Å². The third kappa shape index (κ3) is 3.82. The second kappa shape index (κ2) is 7.34. The molecular weight excluding hydrogens is 372 g/mol. The van der Waals surface area contributed by atoms with E-state index in [0.717, 1.165) is 5.56 Å².